The van der Waals surface area contributed by atoms with Crippen LogP contribution in [0.4, 0.5) is 5.82 Å². The van der Waals surface area contributed by atoms with Crippen molar-refractivity contribution >= 4 is 69.1 Å². The van der Waals surface area contributed by atoms with E-state index in [1.165, 1.54) is 13.8 Å². The number of ether oxygens (including phenoxy) is 1. The molecule has 1 saturated heterocycles. The van der Waals surface area contributed by atoms with E-state index in [9.17, 15) is 57.9 Å². The molecule has 1 aliphatic heterocycles. The van der Waals surface area contributed by atoms with E-state index >= 15 is 0 Å². The van der Waals surface area contributed by atoms with Crippen LogP contribution in [-0.2, 0) is 50.7 Å². The van der Waals surface area contributed by atoms with Gasteiger partial charge in [-0.25, -0.2) is 19.3 Å². The van der Waals surface area contributed by atoms with Crippen molar-refractivity contribution in [3.8, 4) is 0 Å². The number of imidazole rings is 1. The molecular formula is C25H38N7O17P3S-4. The maximum absolute atomic E-state index is 12.5. The zero-order chi connectivity index (χ0) is 39.8. The number of phosphoric ester groups is 3. The highest BCUT2D eigenvalue weighted by molar-refractivity contribution is 8.13. The lowest BCUT2D eigenvalue weighted by molar-refractivity contribution is -0.347. The van der Waals surface area contributed by atoms with Gasteiger partial charge in [-0.15, -0.1) is 0 Å². The number of aromatic nitrogens is 4. The highest BCUT2D eigenvalue weighted by atomic mass is 32.2. The first-order valence-electron chi connectivity index (χ1n) is 15.5. The Hall–Kier alpha value is -2.44. The van der Waals surface area contributed by atoms with E-state index in [2.05, 4.69) is 43.5 Å². The maximum atomic E-state index is 12.5. The molecular weight excluding hydrogens is 795 g/mol. The van der Waals surface area contributed by atoms with Crippen LogP contribution in [-0.4, -0.2) is 103 Å². The topological polar surface area (TPSA) is 375 Å². The van der Waals surface area contributed by atoms with Crippen LogP contribution in [0.5, 0.6) is 0 Å². The Morgan fingerprint density at radius 3 is 2.42 bits per heavy atom. The second kappa shape index (κ2) is 18.9. The molecule has 28 heteroatoms. The van der Waals surface area contributed by atoms with Gasteiger partial charge in [0.05, 0.1) is 27.4 Å². The van der Waals surface area contributed by atoms with E-state index in [1.807, 2.05) is 6.92 Å². The number of hydrogen-bond donors (Lipinski definition) is 5. The normalized spacial score (nSPS) is 22.2. The van der Waals surface area contributed by atoms with E-state index in [-0.39, 0.29) is 41.6 Å². The van der Waals surface area contributed by atoms with Crippen LogP contribution in [0.1, 0.15) is 46.3 Å². The van der Waals surface area contributed by atoms with Crippen molar-refractivity contribution in [3.63, 3.8) is 0 Å². The molecule has 0 saturated carbocycles. The number of rotatable bonds is 21. The number of amides is 2. The predicted octanol–water partition coefficient (Wildman–Crippen LogP) is -3.06. The molecule has 0 aliphatic carbocycles. The van der Waals surface area contributed by atoms with Crippen molar-refractivity contribution in [2.45, 2.75) is 70.7 Å². The average molecular weight is 834 g/mol. The van der Waals surface area contributed by atoms with Gasteiger partial charge >= 0.3 is 0 Å². The zero-order valence-electron chi connectivity index (χ0n) is 28.3. The Balaban J connectivity index is 1.52. The number of phosphoric acid groups is 3. The van der Waals surface area contributed by atoms with Gasteiger partial charge in [0.15, 0.2) is 22.8 Å². The predicted molar refractivity (Wildman–Crippen MR) is 173 cm³/mol. The van der Waals surface area contributed by atoms with E-state index in [1.54, 1.807) is 0 Å². The van der Waals surface area contributed by atoms with Gasteiger partial charge in [0.25, 0.3) is 15.6 Å². The minimum Gasteiger partial charge on any atom is -0.790 e. The number of nitrogens with one attached hydrogen (secondary N) is 2. The fourth-order valence-electron chi connectivity index (χ4n) is 4.55. The SMILES string of the molecule is CCCC(=O)SCCNC(=O)CCNC(=O)[C@@H](O)C(C)(C)COP(=O)([O-])OP(=O)([O-])OC[C@H]1O[C@@H](n2cnc3c(N)ncnc32)C(O)[C@H]1OP(=O)([O-])[O-]. The first-order chi connectivity index (χ1) is 24.6. The first-order valence-corrected chi connectivity index (χ1v) is 20.9. The number of aliphatic hydroxyl groups excluding tert-OH is 2. The highest BCUT2D eigenvalue weighted by Gasteiger charge is 2.47. The Morgan fingerprint density at radius 2 is 1.75 bits per heavy atom. The molecule has 7 atom stereocenters. The second-order valence-corrected chi connectivity index (χ2v) is 17.2. The van der Waals surface area contributed by atoms with E-state index in [0.29, 0.717) is 18.6 Å². The summed E-state index contributed by atoms with van der Waals surface area (Å²) in [5.74, 6) is -1.16. The Kier molecular flexibility index (Phi) is 16.1. The minimum atomic E-state index is -5.90. The van der Waals surface area contributed by atoms with Crippen LogP contribution in [0, 0.1) is 5.41 Å². The largest absolute Gasteiger partial charge is 0.790 e. The van der Waals surface area contributed by atoms with Gasteiger partial charge in [-0.3, -0.25) is 28.1 Å². The number of nitrogens with two attached hydrogens (primary N) is 1. The average Bonchev–Trinajstić information content (AvgIpc) is 3.61. The fraction of sp³-hybridized carbons (Fsp3) is 0.680. The van der Waals surface area contributed by atoms with Gasteiger partial charge in [0.2, 0.25) is 11.8 Å². The standard InChI is InChI=1S/C25H42N7O17P3S/c1-4-5-16(34)53-9-8-27-15(33)6-7-28-23(37)20(36)25(2,3)11-46-52(43,44)49-51(41,42)45-10-14-19(48-50(38,39)40)18(35)24(47-14)32-13-31-17-21(26)29-12-30-22(17)32/h12-14,18-20,24,35-36H,4-11H2,1-3H3,(H,27,33)(H,28,37)(H,41,42)(H,43,44)(H2,26,29,30)(H2,38,39,40)/p-4/t14-,18?,19+,20-,24-/m1/s1. The smallest absolute Gasteiger partial charge is 0.274 e. The summed E-state index contributed by atoms with van der Waals surface area (Å²) in [4.78, 5) is 95.2. The van der Waals surface area contributed by atoms with Crippen molar-refractivity contribution in [2.75, 3.05) is 37.8 Å². The van der Waals surface area contributed by atoms with Gasteiger partial charge in [0, 0.05) is 37.1 Å². The number of anilines is 1. The van der Waals surface area contributed by atoms with Crippen LogP contribution >= 0.6 is 35.2 Å². The quantitative estimate of drug-likeness (QED) is 0.0615. The molecule has 0 bridgehead atoms. The summed E-state index contributed by atoms with van der Waals surface area (Å²) in [6.07, 6.45) is -6.42. The lowest BCUT2D eigenvalue weighted by atomic mass is 9.87. The van der Waals surface area contributed by atoms with Gasteiger partial charge in [-0.2, -0.15) is 0 Å². The lowest BCUT2D eigenvalue weighted by Crippen LogP contribution is -2.46. The molecule has 53 heavy (non-hydrogen) atoms. The number of carbonyl (C=O) groups is 3. The van der Waals surface area contributed by atoms with Crippen molar-refractivity contribution in [1.82, 2.24) is 30.2 Å². The number of carbonyl (C=O) groups excluding carboxylic acids is 3. The number of fused-ring (bicyclic) bond motifs is 1. The van der Waals surface area contributed by atoms with Gasteiger partial charge in [-0.05, 0) is 6.42 Å². The van der Waals surface area contributed by atoms with Crippen LogP contribution in [0.15, 0.2) is 12.7 Å². The fourth-order valence-corrected chi connectivity index (χ4v) is 8.06. The summed E-state index contributed by atoms with van der Waals surface area (Å²) in [6, 6.07) is 0. The molecule has 2 amide bonds. The highest BCUT2D eigenvalue weighted by Crippen LogP contribution is 2.56. The summed E-state index contributed by atoms with van der Waals surface area (Å²) in [7, 11) is -17.6. The van der Waals surface area contributed by atoms with Crippen LogP contribution < -0.4 is 35.9 Å². The molecule has 1 aliphatic rings. The monoisotopic (exact) mass is 833 g/mol. The molecule has 24 nitrogen and oxygen atoms in total. The third kappa shape index (κ3) is 13.7. The summed E-state index contributed by atoms with van der Waals surface area (Å²) in [5, 5.41) is 26.1. The third-order valence-electron chi connectivity index (χ3n) is 7.19. The molecule has 0 radical (unpaired) electrons. The van der Waals surface area contributed by atoms with Crippen molar-refractivity contribution in [1.29, 1.82) is 0 Å². The summed E-state index contributed by atoms with van der Waals surface area (Å²) in [5.41, 5.74) is 4.07. The second-order valence-electron chi connectivity index (χ2n) is 12.0. The molecule has 0 spiro atoms. The summed E-state index contributed by atoms with van der Waals surface area (Å²) < 4.78 is 60.3. The third-order valence-corrected chi connectivity index (χ3v) is 11.1. The zero-order valence-corrected chi connectivity index (χ0v) is 31.8. The van der Waals surface area contributed by atoms with Crippen LogP contribution in [0.3, 0.4) is 0 Å². The van der Waals surface area contributed by atoms with E-state index < -0.39 is 84.6 Å². The van der Waals surface area contributed by atoms with E-state index in [0.717, 1.165) is 29.0 Å². The molecule has 3 unspecified atom stereocenters. The number of hydrogen-bond acceptors (Lipinski definition) is 22. The van der Waals surface area contributed by atoms with Gasteiger partial charge < -0.3 is 69.0 Å². The number of nitrogens with zero attached hydrogens (tertiary/aromatic N) is 4. The van der Waals surface area contributed by atoms with Crippen LogP contribution in [0.2, 0.25) is 0 Å². The van der Waals surface area contributed by atoms with Crippen molar-refractivity contribution in [3.05, 3.63) is 12.7 Å². The lowest BCUT2D eigenvalue weighted by Gasteiger charge is -2.36. The number of thioether (sulfide) groups is 1. The molecule has 2 aromatic rings. The maximum Gasteiger partial charge on any atom is 0.274 e. The first kappa shape index (κ1) is 45.0. The molecule has 3 rings (SSSR count). The molecule has 300 valence electrons. The molecule has 2 aromatic heterocycles. The van der Waals surface area contributed by atoms with Gasteiger partial charge in [-0.1, -0.05) is 32.5 Å². The Labute approximate surface area is 306 Å². The minimum absolute atomic E-state index is 0.00220. The van der Waals surface area contributed by atoms with Crippen molar-refractivity contribution < 1.29 is 80.5 Å². The van der Waals surface area contributed by atoms with Crippen LogP contribution in [0.25, 0.3) is 11.2 Å². The molecule has 3 heterocycles. The molecule has 1 fully saturated rings. The summed E-state index contributed by atoms with van der Waals surface area (Å²) in [6.45, 7) is 2.01. The summed E-state index contributed by atoms with van der Waals surface area (Å²) >= 11 is 1.08. The Morgan fingerprint density at radius 1 is 1.08 bits per heavy atom. The Bertz CT molecular complexity index is 1750. The number of nitrogen functional groups attached to an aromatic ring is 1. The van der Waals surface area contributed by atoms with Crippen molar-refractivity contribution in [2.24, 2.45) is 5.41 Å². The molecule has 0 aromatic carbocycles. The molecule has 6 N–H and O–H groups in total. The van der Waals surface area contributed by atoms with Gasteiger partial charge in [0.1, 0.15) is 36.3 Å². The number of aliphatic hydroxyl groups is 2. The van der Waals surface area contributed by atoms with E-state index in [4.69, 9.17) is 10.5 Å².